The highest BCUT2D eigenvalue weighted by Gasteiger charge is 2.07. The van der Waals surface area contributed by atoms with E-state index < -0.39 is 0 Å². The molecule has 18 heavy (non-hydrogen) atoms. The van der Waals surface area contributed by atoms with E-state index in [4.69, 9.17) is 0 Å². The lowest BCUT2D eigenvalue weighted by atomic mass is 10.0. The fourth-order valence-electron chi connectivity index (χ4n) is 1.95. The molecule has 0 radical (unpaired) electrons. The molecule has 2 rings (SSSR count). The molecule has 96 valence electrons. The number of benzene rings is 1. The summed E-state index contributed by atoms with van der Waals surface area (Å²) in [6.07, 6.45) is 2.26. The number of thiophene rings is 1. The first-order chi connectivity index (χ1) is 8.78. The molecule has 1 N–H and O–H groups in total. The van der Waals surface area contributed by atoms with Gasteiger partial charge in [0.15, 0.2) is 0 Å². The first-order valence-corrected chi connectivity index (χ1v) is 7.95. The quantitative estimate of drug-likeness (QED) is 0.817. The summed E-state index contributed by atoms with van der Waals surface area (Å²) in [6, 6.07) is 13.4. The highest BCUT2D eigenvalue weighted by atomic mass is 79.9. The monoisotopic (exact) mass is 323 g/mol. The minimum absolute atomic E-state index is 0.549. The van der Waals surface area contributed by atoms with Crippen molar-refractivity contribution in [2.24, 2.45) is 0 Å². The molecule has 1 aromatic carbocycles. The van der Waals surface area contributed by atoms with Gasteiger partial charge in [-0.25, -0.2) is 0 Å². The van der Waals surface area contributed by atoms with E-state index in [2.05, 4.69) is 69.9 Å². The van der Waals surface area contributed by atoms with Crippen LogP contribution in [-0.2, 0) is 13.0 Å². The summed E-state index contributed by atoms with van der Waals surface area (Å²) in [5, 5.41) is 5.77. The van der Waals surface area contributed by atoms with Crippen LogP contribution in [-0.4, -0.2) is 6.04 Å². The van der Waals surface area contributed by atoms with Gasteiger partial charge in [-0.3, -0.25) is 0 Å². The maximum Gasteiger partial charge on any atom is 0.0302 e. The van der Waals surface area contributed by atoms with Gasteiger partial charge in [0, 0.05) is 27.3 Å². The van der Waals surface area contributed by atoms with Crippen molar-refractivity contribution in [3.05, 3.63) is 56.7 Å². The first kappa shape index (κ1) is 13.8. The average Bonchev–Trinajstić information content (AvgIpc) is 2.81. The number of nitrogens with one attached hydrogen (secondary N) is 1. The molecule has 1 atom stereocenters. The second-order valence-corrected chi connectivity index (χ2v) is 6.32. The molecular weight excluding hydrogens is 306 g/mol. The molecule has 0 aliphatic heterocycles. The van der Waals surface area contributed by atoms with Crippen molar-refractivity contribution >= 4 is 27.3 Å². The minimum atomic E-state index is 0.549. The Morgan fingerprint density at radius 3 is 2.67 bits per heavy atom. The normalized spacial score (nSPS) is 12.6. The summed E-state index contributed by atoms with van der Waals surface area (Å²) in [7, 11) is 0. The Kier molecular flexibility index (Phi) is 5.42. The van der Waals surface area contributed by atoms with Crippen LogP contribution in [0.25, 0.3) is 0 Å². The number of hydrogen-bond acceptors (Lipinski definition) is 2. The number of rotatable bonds is 6. The third-order valence-corrected chi connectivity index (χ3v) is 4.70. The van der Waals surface area contributed by atoms with Crippen LogP contribution in [0.4, 0.5) is 0 Å². The smallest absolute Gasteiger partial charge is 0.0302 e. The Morgan fingerprint density at radius 1 is 1.28 bits per heavy atom. The van der Waals surface area contributed by atoms with Gasteiger partial charge in [-0.2, -0.15) is 0 Å². The second kappa shape index (κ2) is 7.07. The van der Waals surface area contributed by atoms with Gasteiger partial charge in [-0.1, -0.05) is 37.3 Å². The summed E-state index contributed by atoms with van der Waals surface area (Å²) in [6.45, 7) is 3.20. The fourth-order valence-corrected chi connectivity index (χ4v) is 3.35. The summed E-state index contributed by atoms with van der Waals surface area (Å²) >= 11 is 5.29. The van der Waals surface area contributed by atoms with Crippen LogP contribution in [0.5, 0.6) is 0 Å². The molecule has 1 heterocycles. The van der Waals surface area contributed by atoms with E-state index in [1.54, 1.807) is 11.3 Å². The van der Waals surface area contributed by atoms with Crippen molar-refractivity contribution in [1.29, 1.82) is 0 Å². The highest BCUT2D eigenvalue weighted by Crippen LogP contribution is 2.19. The summed E-state index contributed by atoms with van der Waals surface area (Å²) in [5.41, 5.74) is 1.41. The molecule has 0 aliphatic rings. The lowest BCUT2D eigenvalue weighted by Gasteiger charge is -2.16. The van der Waals surface area contributed by atoms with Gasteiger partial charge in [-0.05, 0) is 40.4 Å². The minimum Gasteiger partial charge on any atom is -0.309 e. The molecule has 0 amide bonds. The molecule has 0 bridgehead atoms. The molecule has 1 aromatic heterocycles. The lowest BCUT2D eigenvalue weighted by molar-refractivity contribution is 0.497. The molecule has 2 aromatic rings. The summed E-state index contributed by atoms with van der Waals surface area (Å²) < 4.78 is 1.18. The Hall–Kier alpha value is -0.640. The van der Waals surface area contributed by atoms with Crippen LogP contribution in [0.15, 0.2) is 46.3 Å². The molecule has 3 heteroatoms. The van der Waals surface area contributed by atoms with Crippen molar-refractivity contribution in [2.45, 2.75) is 32.4 Å². The average molecular weight is 324 g/mol. The van der Waals surface area contributed by atoms with Crippen LogP contribution >= 0.6 is 27.3 Å². The zero-order valence-corrected chi connectivity index (χ0v) is 12.9. The molecule has 0 spiro atoms. The standard InChI is InChI=1S/C15H18BrNS/c1-2-14(8-12-6-4-3-5-7-12)17-10-15-9-13(16)11-18-15/h3-7,9,11,14,17H,2,8,10H2,1H3. The Labute approximate surface area is 121 Å². The Balaban J connectivity index is 1.86. The predicted octanol–water partition coefficient (Wildman–Crippen LogP) is 4.62. The van der Waals surface area contributed by atoms with E-state index in [1.165, 1.54) is 14.9 Å². The van der Waals surface area contributed by atoms with Gasteiger partial charge >= 0.3 is 0 Å². The van der Waals surface area contributed by atoms with Crippen LogP contribution in [0.2, 0.25) is 0 Å². The van der Waals surface area contributed by atoms with Gasteiger partial charge in [0.25, 0.3) is 0 Å². The molecule has 0 saturated heterocycles. The zero-order chi connectivity index (χ0) is 12.8. The topological polar surface area (TPSA) is 12.0 Å². The van der Waals surface area contributed by atoms with Gasteiger partial charge in [0.1, 0.15) is 0 Å². The fraction of sp³-hybridized carbons (Fsp3) is 0.333. The van der Waals surface area contributed by atoms with Crippen LogP contribution in [0.3, 0.4) is 0 Å². The third kappa shape index (κ3) is 4.23. The molecule has 0 saturated carbocycles. The number of halogens is 1. The van der Waals surface area contributed by atoms with E-state index in [-0.39, 0.29) is 0 Å². The zero-order valence-electron chi connectivity index (χ0n) is 10.5. The van der Waals surface area contributed by atoms with Crippen molar-refractivity contribution in [3.63, 3.8) is 0 Å². The van der Waals surface area contributed by atoms with Crippen LogP contribution in [0.1, 0.15) is 23.8 Å². The Bertz CT molecular complexity index is 466. The van der Waals surface area contributed by atoms with E-state index >= 15 is 0 Å². The predicted molar refractivity (Wildman–Crippen MR) is 83.1 cm³/mol. The van der Waals surface area contributed by atoms with Crippen molar-refractivity contribution in [2.75, 3.05) is 0 Å². The maximum absolute atomic E-state index is 3.64. The first-order valence-electron chi connectivity index (χ1n) is 6.28. The van der Waals surface area contributed by atoms with E-state index in [0.29, 0.717) is 6.04 Å². The van der Waals surface area contributed by atoms with E-state index in [1.807, 2.05) is 0 Å². The van der Waals surface area contributed by atoms with Gasteiger partial charge in [0.05, 0.1) is 0 Å². The van der Waals surface area contributed by atoms with Crippen molar-refractivity contribution in [1.82, 2.24) is 5.32 Å². The van der Waals surface area contributed by atoms with Crippen LogP contribution in [0, 0.1) is 0 Å². The van der Waals surface area contributed by atoms with E-state index in [0.717, 1.165) is 19.4 Å². The molecule has 1 nitrogen and oxygen atoms in total. The molecule has 1 unspecified atom stereocenters. The molecular formula is C15H18BrNS. The molecule has 0 fully saturated rings. The number of hydrogen-bond donors (Lipinski definition) is 1. The lowest BCUT2D eigenvalue weighted by Crippen LogP contribution is -2.29. The van der Waals surface area contributed by atoms with Gasteiger partial charge in [-0.15, -0.1) is 11.3 Å². The van der Waals surface area contributed by atoms with Crippen molar-refractivity contribution < 1.29 is 0 Å². The largest absolute Gasteiger partial charge is 0.309 e. The van der Waals surface area contributed by atoms with E-state index in [9.17, 15) is 0 Å². The summed E-state index contributed by atoms with van der Waals surface area (Å²) in [4.78, 5) is 1.38. The third-order valence-electron chi connectivity index (χ3n) is 3.00. The second-order valence-electron chi connectivity index (χ2n) is 4.41. The maximum atomic E-state index is 3.64. The highest BCUT2D eigenvalue weighted by molar-refractivity contribution is 9.10. The van der Waals surface area contributed by atoms with Gasteiger partial charge < -0.3 is 5.32 Å². The van der Waals surface area contributed by atoms with Crippen LogP contribution < -0.4 is 5.32 Å². The van der Waals surface area contributed by atoms with Gasteiger partial charge in [0.2, 0.25) is 0 Å². The SMILES string of the molecule is CCC(Cc1ccccc1)NCc1cc(Br)cs1. The Morgan fingerprint density at radius 2 is 2.06 bits per heavy atom. The molecule has 0 aliphatic carbocycles. The summed E-state index contributed by atoms with van der Waals surface area (Å²) in [5.74, 6) is 0. The van der Waals surface area contributed by atoms with Crippen molar-refractivity contribution in [3.8, 4) is 0 Å².